The first-order chi connectivity index (χ1) is 22.3. The van der Waals surface area contributed by atoms with Crippen LogP contribution >= 0.6 is 0 Å². The van der Waals surface area contributed by atoms with Gasteiger partial charge in [0, 0.05) is 21.5 Å². The molecular weight excluding hydrogens is 576 g/mol. The molecule has 0 aliphatic carbocycles. The van der Waals surface area contributed by atoms with E-state index < -0.39 is 12.3 Å². The standard InChI is InChI=1S/C40H32O6/c1-23(2)25-11-15-27(16-12-25)43-39(41)45-35-21-19-31-30-8-6-10-34-36(46-40(42)44-28-17-13-26(14-18-28)24(3)4)22-20-32(38(30)34)29-7-5-9-33(35)37(29)31/h5-24H,1-4H3. The van der Waals surface area contributed by atoms with Gasteiger partial charge in [0.15, 0.2) is 0 Å². The minimum absolute atomic E-state index is 0.378. The van der Waals surface area contributed by atoms with Gasteiger partial charge in [0.2, 0.25) is 0 Å². The van der Waals surface area contributed by atoms with Crippen LogP contribution in [0.25, 0.3) is 43.1 Å². The van der Waals surface area contributed by atoms with E-state index in [9.17, 15) is 9.59 Å². The van der Waals surface area contributed by atoms with Crippen molar-refractivity contribution in [3.63, 3.8) is 0 Å². The lowest BCUT2D eigenvalue weighted by Crippen LogP contribution is -2.14. The van der Waals surface area contributed by atoms with E-state index in [1.807, 2.05) is 72.8 Å². The molecule has 0 fully saturated rings. The van der Waals surface area contributed by atoms with Gasteiger partial charge in [0.25, 0.3) is 0 Å². The molecular formula is C40H32O6. The molecule has 0 heterocycles. The molecule has 46 heavy (non-hydrogen) atoms. The molecule has 0 bridgehead atoms. The monoisotopic (exact) mass is 608 g/mol. The van der Waals surface area contributed by atoms with Crippen LogP contribution in [-0.4, -0.2) is 12.3 Å². The van der Waals surface area contributed by atoms with Crippen LogP contribution in [0.5, 0.6) is 23.0 Å². The number of fused-ring (bicyclic) bond motifs is 2. The van der Waals surface area contributed by atoms with Gasteiger partial charge in [0.05, 0.1) is 0 Å². The number of rotatable bonds is 6. The minimum atomic E-state index is -0.805. The molecule has 228 valence electrons. The fourth-order valence-electron chi connectivity index (χ4n) is 6.09. The fraction of sp³-hybridized carbons (Fsp3) is 0.150. The first-order valence-corrected chi connectivity index (χ1v) is 15.4. The Kier molecular flexibility index (Phi) is 7.41. The first-order valence-electron chi connectivity index (χ1n) is 15.4. The molecule has 0 atom stereocenters. The summed E-state index contributed by atoms with van der Waals surface area (Å²) in [6.45, 7) is 8.44. The van der Waals surface area contributed by atoms with Crippen molar-refractivity contribution < 1.29 is 28.5 Å². The molecule has 6 nitrogen and oxygen atoms in total. The van der Waals surface area contributed by atoms with E-state index in [0.717, 1.165) is 54.2 Å². The Bertz CT molecular complexity index is 2050. The maximum Gasteiger partial charge on any atom is 0.519 e. The number of carbonyl (C=O) groups excluding carboxylic acids is 2. The minimum Gasteiger partial charge on any atom is -0.395 e. The highest BCUT2D eigenvalue weighted by atomic mass is 16.7. The SMILES string of the molecule is CC(C)c1ccc(OC(=O)Oc2ccc3c4cccc5c(OC(=O)Oc6ccc(C(C)C)cc6)ccc(c6cccc2c63)c54)cc1. The molecule has 0 aliphatic rings. The quantitative estimate of drug-likeness (QED) is 0.0809. The maximum absolute atomic E-state index is 12.8. The molecule has 0 aromatic heterocycles. The van der Waals surface area contributed by atoms with Gasteiger partial charge in [-0.1, -0.05) is 88.4 Å². The molecule has 0 spiro atoms. The van der Waals surface area contributed by atoms with Gasteiger partial charge in [0.1, 0.15) is 23.0 Å². The van der Waals surface area contributed by atoms with Crippen molar-refractivity contribution in [3.8, 4) is 23.0 Å². The molecule has 0 saturated heterocycles. The van der Waals surface area contributed by atoms with Crippen molar-refractivity contribution in [1.82, 2.24) is 0 Å². The van der Waals surface area contributed by atoms with Gasteiger partial charge in [-0.15, -0.1) is 0 Å². The Hall–Kier alpha value is -5.62. The molecule has 0 radical (unpaired) electrons. The summed E-state index contributed by atoms with van der Waals surface area (Å²) in [6.07, 6.45) is -1.61. The molecule has 0 amide bonds. The smallest absolute Gasteiger partial charge is 0.395 e. The van der Waals surface area contributed by atoms with Crippen molar-refractivity contribution in [1.29, 1.82) is 0 Å². The summed E-state index contributed by atoms with van der Waals surface area (Å²) in [7, 11) is 0. The van der Waals surface area contributed by atoms with E-state index in [0.29, 0.717) is 34.8 Å². The van der Waals surface area contributed by atoms with Crippen LogP contribution in [0.4, 0.5) is 9.59 Å². The summed E-state index contributed by atoms with van der Waals surface area (Å²) in [4.78, 5) is 25.7. The fourth-order valence-corrected chi connectivity index (χ4v) is 6.09. The lowest BCUT2D eigenvalue weighted by molar-refractivity contribution is 0.151. The third-order valence-electron chi connectivity index (χ3n) is 8.46. The van der Waals surface area contributed by atoms with Gasteiger partial charge in [-0.05, 0) is 93.0 Å². The second-order valence-corrected chi connectivity index (χ2v) is 12.0. The molecule has 7 aromatic rings. The lowest BCUT2D eigenvalue weighted by Gasteiger charge is -2.17. The summed E-state index contributed by atoms with van der Waals surface area (Å²) in [6, 6.07) is 34.2. The zero-order chi connectivity index (χ0) is 31.9. The molecule has 0 unspecified atom stereocenters. The third kappa shape index (κ3) is 5.32. The van der Waals surface area contributed by atoms with E-state index in [2.05, 4.69) is 27.7 Å². The van der Waals surface area contributed by atoms with Crippen molar-refractivity contribution in [2.75, 3.05) is 0 Å². The number of hydrogen-bond acceptors (Lipinski definition) is 6. The Morgan fingerprint density at radius 3 is 1.13 bits per heavy atom. The van der Waals surface area contributed by atoms with Crippen LogP contribution in [0.1, 0.15) is 50.7 Å². The number of hydrogen-bond donors (Lipinski definition) is 0. The predicted molar refractivity (Wildman–Crippen MR) is 182 cm³/mol. The highest BCUT2D eigenvalue weighted by Gasteiger charge is 2.20. The van der Waals surface area contributed by atoms with Crippen LogP contribution in [-0.2, 0) is 0 Å². The van der Waals surface area contributed by atoms with Crippen LogP contribution in [0.2, 0.25) is 0 Å². The average molecular weight is 609 g/mol. The second-order valence-electron chi connectivity index (χ2n) is 12.0. The van der Waals surface area contributed by atoms with E-state index in [1.165, 1.54) is 0 Å². The van der Waals surface area contributed by atoms with E-state index in [1.54, 1.807) is 36.4 Å². The maximum atomic E-state index is 12.8. The normalized spacial score (nSPS) is 11.6. The molecule has 7 rings (SSSR count). The van der Waals surface area contributed by atoms with Crippen LogP contribution in [0, 0.1) is 0 Å². The Morgan fingerprint density at radius 1 is 0.413 bits per heavy atom. The molecule has 0 N–H and O–H groups in total. The van der Waals surface area contributed by atoms with Crippen molar-refractivity contribution in [2.45, 2.75) is 39.5 Å². The first kappa shape index (κ1) is 29.1. The number of carbonyl (C=O) groups is 2. The molecule has 7 aromatic carbocycles. The summed E-state index contributed by atoms with van der Waals surface area (Å²) in [5, 5.41) is 7.45. The van der Waals surface area contributed by atoms with E-state index in [4.69, 9.17) is 18.9 Å². The Labute approximate surface area is 266 Å². The predicted octanol–water partition coefficient (Wildman–Crippen LogP) is 11.1. The number of benzene rings is 7. The lowest BCUT2D eigenvalue weighted by atomic mass is 9.89. The average Bonchev–Trinajstić information content (AvgIpc) is 3.05. The Balaban J connectivity index is 1.21. The summed E-state index contributed by atoms with van der Waals surface area (Å²) >= 11 is 0. The van der Waals surface area contributed by atoms with Crippen LogP contribution in [0.15, 0.2) is 109 Å². The van der Waals surface area contributed by atoms with Gasteiger partial charge >= 0.3 is 12.3 Å². The van der Waals surface area contributed by atoms with Crippen molar-refractivity contribution >= 4 is 55.4 Å². The number of ether oxygens (including phenoxy) is 4. The van der Waals surface area contributed by atoms with Gasteiger partial charge < -0.3 is 18.9 Å². The summed E-state index contributed by atoms with van der Waals surface area (Å²) < 4.78 is 22.5. The zero-order valence-electron chi connectivity index (χ0n) is 26.0. The highest BCUT2D eigenvalue weighted by Crippen LogP contribution is 2.44. The molecule has 0 aliphatic heterocycles. The molecule has 0 saturated carbocycles. The van der Waals surface area contributed by atoms with Crippen molar-refractivity contribution in [2.24, 2.45) is 0 Å². The van der Waals surface area contributed by atoms with Crippen LogP contribution < -0.4 is 18.9 Å². The van der Waals surface area contributed by atoms with Gasteiger partial charge in [-0.2, -0.15) is 0 Å². The largest absolute Gasteiger partial charge is 0.519 e. The van der Waals surface area contributed by atoms with Crippen LogP contribution in [0.3, 0.4) is 0 Å². The van der Waals surface area contributed by atoms with Crippen molar-refractivity contribution in [3.05, 3.63) is 120 Å². The third-order valence-corrected chi connectivity index (χ3v) is 8.46. The van der Waals surface area contributed by atoms with E-state index in [-0.39, 0.29) is 0 Å². The van der Waals surface area contributed by atoms with E-state index >= 15 is 0 Å². The Morgan fingerprint density at radius 2 is 0.761 bits per heavy atom. The summed E-state index contributed by atoms with van der Waals surface area (Å²) in [5.41, 5.74) is 2.32. The topological polar surface area (TPSA) is 71.1 Å². The summed E-state index contributed by atoms with van der Waals surface area (Å²) in [5.74, 6) is 2.41. The zero-order valence-corrected chi connectivity index (χ0v) is 26.0. The second kappa shape index (κ2) is 11.7. The molecule has 6 heteroatoms. The highest BCUT2D eigenvalue weighted by molar-refractivity contribution is 6.34. The van der Waals surface area contributed by atoms with Gasteiger partial charge in [-0.3, -0.25) is 0 Å². The van der Waals surface area contributed by atoms with Gasteiger partial charge in [-0.25, -0.2) is 9.59 Å².